The SMILES string of the molecule is COc1ccc2oc(=O)c(C(=O)Nc3ccc([N+](=O)[O-])cc3)cc2c1. The zero-order valence-electron chi connectivity index (χ0n) is 13.0. The summed E-state index contributed by atoms with van der Waals surface area (Å²) in [4.78, 5) is 34.4. The maximum atomic E-state index is 12.3. The lowest BCUT2D eigenvalue weighted by molar-refractivity contribution is -0.384. The van der Waals surface area contributed by atoms with Gasteiger partial charge in [-0.3, -0.25) is 14.9 Å². The number of anilines is 1. The minimum absolute atomic E-state index is 0.102. The molecule has 1 N–H and O–H groups in total. The van der Waals surface area contributed by atoms with Crippen LogP contribution in [0.1, 0.15) is 10.4 Å². The topological polar surface area (TPSA) is 112 Å². The molecule has 126 valence electrons. The molecule has 0 unspecified atom stereocenters. The minimum atomic E-state index is -0.780. The van der Waals surface area contributed by atoms with Crippen molar-refractivity contribution in [1.82, 2.24) is 0 Å². The Bertz CT molecular complexity index is 1020. The van der Waals surface area contributed by atoms with Crippen LogP contribution in [0.2, 0.25) is 0 Å². The molecule has 1 aromatic heterocycles. The number of nitrogens with zero attached hydrogens (tertiary/aromatic N) is 1. The van der Waals surface area contributed by atoms with E-state index in [1.54, 1.807) is 18.2 Å². The van der Waals surface area contributed by atoms with Crippen LogP contribution >= 0.6 is 0 Å². The van der Waals surface area contributed by atoms with Gasteiger partial charge in [-0.1, -0.05) is 0 Å². The number of methoxy groups -OCH3 is 1. The van der Waals surface area contributed by atoms with Gasteiger partial charge in [-0.15, -0.1) is 0 Å². The lowest BCUT2D eigenvalue weighted by atomic mass is 10.1. The van der Waals surface area contributed by atoms with Crippen LogP contribution in [0.3, 0.4) is 0 Å². The second kappa shape index (κ2) is 6.44. The number of nitro benzene ring substituents is 1. The molecule has 0 radical (unpaired) electrons. The average molecular weight is 340 g/mol. The van der Waals surface area contributed by atoms with Crippen LogP contribution in [0.25, 0.3) is 11.0 Å². The number of non-ortho nitro benzene ring substituents is 1. The van der Waals surface area contributed by atoms with Crippen molar-refractivity contribution in [2.45, 2.75) is 0 Å². The minimum Gasteiger partial charge on any atom is -0.497 e. The third-order valence-electron chi connectivity index (χ3n) is 3.52. The van der Waals surface area contributed by atoms with Gasteiger partial charge in [-0.2, -0.15) is 0 Å². The van der Waals surface area contributed by atoms with Crippen molar-refractivity contribution in [3.05, 3.63) is 74.6 Å². The Kier molecular flexibility index (Phi) is 4.17. The lowest BCUT2D eigenvalue weighted by Gasteiger charge is -2.06. The van der Waals surface area contributed by atoms with Crippen molar-refractivity contribution in [2.75, 3.05) is 12.4 Å². The smallest absolute Gasteiger partial charge is 0.349 e. The van der Waals surface area contributed by atoms with Crippen molar-refractivity contribution in [3.8, 4) is 5.75 Å². The number of fused-ring (bicyclic) bond motifs is 1. The summed E-state index contributed by atoms with van der Waals surface area (Å²) in [7, 11) is 1.50. The molecule has 1 heterocycles. The van der Waals surface area contributed by atoms with Crippen molar-refractivity contribution in [2.24, 2.45) is 0 Å². The molecule has 0 saturated heterocycles. The summed E-state index contributed by atoms with van der Waals surface area (Å²) < 4.78 is 10.2. The second-order valence-corrected chi connectivity index (χ2v) is 5.11. The lowest BCUT2D eigenvalue weighted by Crippen LogP contribution is -2.20. The predicted molar refractivity (Wildman–Crippen MR) is 90.1 cm³/mol. The zero-order valence-corrected chi connectivity index (χ0v) is 13.0. The Hall–Kier alpha value is -3.68. The third-order valence-corrected chi connectivity index (χ3v) is 3.52. The van der Waals surface area contributed by atoms with Gasteiger partial charge in [0.25, 0.3) is 11.6 Å². The number of nitro groups is 1. The van der Waals surface area contributed by atoms with Crippen LogP contribution in [0.5, 0.6) is 5.75 Å². The van der Waals surface area contributed by atoms with Gasteiger partial charge in [0.15, 0.2) is 0 Å². The number of rotatable bonds is 4. The largest absolute Gasteiger partial charge is 0.497 e. The summed E-state index contributed by atoms with van der Waals surface area (Å²) in [5.41, 5.74) is -0.412. The van der Waals surface area contributed by atoms with Crippen molar-refractivity contribution in [1.29, 1.82) is 0 Å². The fourth-order valence-corrected chi connectivity index (χ4v) is 2.25. The molecular weight excluding hydrogens is 328 g/mol. The van der Waals surface area contributed by atoms with E-state index in [0.29, 0.717) is 22.4 Å². The quantitative estimate of drug-likeness (QED) is 0.444. The molecular formula is C17H12N2O6. The summed E-state index contributed by atoms with van der Waals surface area (Å²) in [5.74, 6) is -0.115. The standard InChI is InChI=1S/C17H12N2O6/c1-24-13-6-7-15-10(8-13)9-14(17(21)25-15)16(20)18-11-2-4-12(5-3-11)19(22)23/h2-9H,1H3,(H,18,20). The van der Waals surface area contributed by atoms with Gasteiger partial charge in [0.1, 0.15) is 16.9 Å². The maximum absolute atomic E-state index is 12.3. The Morgan fingerprint density at radius 1 is 1.16 bits per heavy atom. The van der Waals surface area contributed by atoms with E-state index in [0.717, 1.165) is 0 Å². The summed E-state index contributed by atoms with van der Waals surface area (Å²) in [6.07, 6.45) is 0. The summed E-state index contributed by atoms with van der Waals surface area (Å²) in [6.45, 7) is 0. The van der Waals surface area contributed by atoms with E-state index in [-0.39, 0.29) is 11.3 Å². The predicted octanol–water partition coefficient (Wildman–Crippen LogP) is 2.96. The molecule has 0 atom stereocenters. The first-order valence-corrected chi connectivity index (χ1v) is 7.15. The van der Waals surface area contributed by atoms with E-state index in [2.05, 4.69) is 5.32 Å². The Balaban J connectivity index is 1.91. The summed E-state index contributed by atoms with van der Waals surface area (Å²) >= 11 is 0. The molecule has 0 fully saturated rings. The first kappa shape index (κ1) is 16.2. The normalized spacial score (nSPS) is 10.4. The highest BCUT2D eigenvalue weighted by Crippen LogP contribution is 2.21. The van der Waals surface area contributed by atoms with E-state index in [1.807, 2.05) is 0 Å². The van der Waals surface area contributed by atoms with Crippen molar-refractivity contribution in [3.63, 3.8) is 0 Å². The molecule has 25 heavy (non-hydrogen) atoms. The Morgan fingerprint density at radius 3 is 2.52 bits per heavy atom. The molecule has 0 aliphatic carbocycles. The summed E-state index contributed by atoms with van der Waals surface area (Å²) in [5, 5.41) is 13.7. The van der Waals surface area contributed by atoms with Crippen LogP contribution in [-0.2, 0) is 0 Å². The molecule has 0 saturated carbocycles. The van der Waals surface area contributed by atoms with Gasteiger partial charge in [0.2, 0.25) is 0 Å². The molecule has 0 spiro atoms. The first-order chi connectivity index (χ1) is 12.0. The maximum Gasteiger partial charge on any atom is 0.349 e. The highest BCUT2D eigenvalue weighted by molar-refractivity contribution is 6.05. The Labute approximate surface area is 140 Å². The van der Waals surface area contributed by atoms with Gasteiger partial charge >= 0.3 is 5.63 Å². The van der Waals surface area contributed by atoms with E-state index < -0.39 is 16.5 Å². The van der Waals surface area contributed by atoms with Crippen LogP contribution in [-0.4, -0.2) is 17.9 Å². The van der Waals surface area contributed by atoms with Crippen LogP contribution in [0.4, 0.5) is 11.4 Å². The number of amides is 1. The fourth-order valence-electron chi connectivity index (χ4n) is 2.25. The molecule has 0 aliphatic rings. The van der Waals surface area contributed by atoms with E-state index in [9.17, 15) is 19.7 Å². The second-order valence-electron chi connectivity index (χ2n) is 5.11. The molecule has 8 nitrogen and oxygen atoms in total. The van der Waals surface area contributed by atoms with Crippen molar-refractivity contribution < 1.29 is 18.9 Å². The van der Waals surface area contributed by atoms with Crippen LogP contribution in [0, 0.1) is 10.1 Å². The zero-order chi connectivity index (χ0) is 18.0. The van der Waals surface area contributed by atoms with Crippen LogP contribution in [0.15, 0.2) is 57.7 Å². The summed E-state index contributed by atoms with van der Waals surface area (Å²) in [6, 6.07) is 11.5. The Morgan fingerprint density at radius 2 is 1.88 bits per heavy atom. The number of carbonyl (C=O) groups is 1. The number of ether oxygens (including phenoxy) is 1. The van der Waals surface area contributed by atoms with E-state index in [1.165, 1.54) is 37.4 Å². The highest BCUT2D eigenvalue weighted by atomic mass is 16.6. The van der Waals surface area contributed by atoms with Gasteiger partial charge in [0, 0.05) is 23.2 Å². The first-order valence-electron chi connectivity index (χ1n) is 7.15. The molecule has 8 heteroatoms. The molecule has 2 aromatic carbocycles. The third kappa shape index (κ3) is 3.32. The molecule has 0 bridgehead atoms. The highest BCUT2D eigenvalue weighted by Gasteiger charge is 2.15. The van der Waals surface area contributed by atoms with Crippen molar-refractivity contribution >= 4 is 28.3 Å². The van der Waals surface area contributed by atoms with Gasteiger partial charge in [-0.05, 0) is 36.4 Å². The number of hydrogen-bond donors (Lipinski definition) is 1. The number of benzene rings is 2. The molecule has 3 rings (SSSR count). The number of hydrogen-bond acceptors (Lipinski definition) is 6. The van der Waals surface area contributed by atoms with Gasteiger partial charge in [0.05, 0.1) is 12.0 Å². The average Bonchev–Trinajstić information content (AvgIpc) is 2.61. The van der Waals surface area contributed by atoms with E-state index in [4.69, 9.17) is 9.15 Å². The molecule has 1 amide bonds. The molecule has 3 aromatic rings. The van der Waals surface area contributed by atoms with Gasteiger partial charge in [-0.25, -0.2) is 4.79 Å². The number of nitrogens with one attached hydrogen (secondary N) is 1. The number of carbonyl (C=O) groups excluding carboxylic acids is 1. The monoisotopic (exact) mass is 340 g/mol. The fraction of sp³-hybridized carbons (Fsp3) is 0.0588. The van der Waals surface area contributed by atoms with Crippen LogP contribution < -0.4 is 15.7 Å². The van der Waals surface area contributed by atoms with E-state index >= 15 is 0 Å². The molecule has 0 aliphatic heterocycles. The van der Waals surface area contributed by atoms with Gasteiger partial charge < -0.3 is 14.5 Å².